The van der Waals surface area contributed by atoms with E-state index in [4.69, 9.17) is 25.7 Å². The molecule has 1 spiro atoms. The van der Waals surface area contributed by atoms with Crippen LogP contribution < -0.4 is 10.6 Å². The first-order valence-corrected chi connectivity index (χ1v) is 14.2. The number of aliphatic hydroxyl groups excluding tert-OH is 2. The number of hydrogen-bond acceptors (Lipinski definition) is 10. The second-order valence-electron chi connectivity index (χ2n) is 9.17. The fourth-order valence-corrected chi connectivity index (χ4v) is 7.35. The fraction of sp³-hybridized carbons (Fsp3) is 0.346. The van der Waals surface area contributed by atoms with Gasteiger partial charge in [0.1, 0.15) is 0 Å². The van der Waals surface area contributed by atoms with Crippen molar-refractivity contribution in [3.05, 3.63) is 70.1 Å². The molecule has 2 aromatic carbocycles. The molecule has 2 aromatic rings. The van der Waals surface area contributed by atoms with E-state index in [-0.39, 0.29) is 5.17 Å². The molecule has 2 fully saturated rings. The molecule has 0 bridgehead atoms. The summed E-state index contributed by atoms with van der Waals surface area (Å²) >= 11 is 6.37. The number of carbonyl (C=O) groups is 2. The third kappa shape index (κ3) is 4.99. The summed E-state index contributed by atoms with van der Waals surface area (Å²) in [5.74, 6) is -2.36. The van der Waals surface area contributed by atoms with E-state index in [1.165, 1.54) is 0 Å². The highest BCUT2D eigenvalue weighted by Crippen LogP contribution is 2.66. The predicted molar refractivity (Wildman–Crippen MR) is 146 cm³/mol. The number of para-hydroxylation sites is 1. The number of aliphatic imine (C=N–C) groups is 1. The molecule has 10 nitrogen and oxygen atoms in total. The van der Waals surface area contributed by atoms with E-state index < -0.39 is 34.7 Å². The summed E-state index contributed by atoms with van der Waals surface area (Å²) in [7, 11) is -3.29. The van der Waals surface area contributed by atoms with Crippen LogP contribution in [0.3, 0.4) is 0 Å². The van der Waals surface area contributed by atoms with Gasteiger partial charge in [-0.2, -0.15) is 0 Å². The number of piperazine rings is 1. The highest BCUT2D eigenvalue weighted by atomic mass is 35.5. The van der Waals surface area contributed by atoms with Gasteiger partial charge in [-0.15, -0.1) is 0 Å². The van der Waals surface area contributed by atoms with Crippen LogP contribution in [0.25, 0.3) is 5.70 Å². The molecule has 3 aliphatic heterocycles. The van der Waals surface area contributed by atoms with Crippen molar-refractivity contribution in [1.29, 1.82) is 0 Å². The van der Waals surface area contributed by atoms with E-state index in [0.717, 1.165) is 49.0 Å². The second kappa shape index (κ2) is 11.0. The summed E-state index contributed by atoms with van der Waals surface area (Å²) in [4.78, 5) is 34.6. The van der Waals surface area contributed by atoms with Gasteiger partial charge in [0.05, 0.1) is 21.3 Å². The van der Waals surface area contributed by atoms with Gasteiger partial charge in [0, 0.05) is 31.7 Å². The Bertz CT molecular complexity index is 1260. The molecule has 38 heavy (non-hydrogen) atoms. The average Bonchev–Trinajstić information content (AvgIpc) is 3.14. The van der Waals surface area contributed by atoms with Crippen molar-refractivity contribution in [2.75, 3.05) is 37.6 Å². The average molecular weight is 561 g/mol. The number of hydrogen-bond donors (Lipinski definition) is 3. The first kappa shape index (κ1) is 26.5. The molecular formula is C26H29ClN4O6S. The van der Waals surface area contributed by atoms with Gasteiger partial charge in [0.25, 0.3) is 0 Å². The van der Waals surface area contributed by atoms with Crippen LogP contribution in [0.5, 0.6) is 0 Å². The molecule has 5 rings (SSSR count). The Hall–Kier alpha value is -3.09. The number of nitrogens with two attached hydrogens (primary N) is 1. The van der Waals surface area contributed by atoms with E-state index in [0.29, 0.717) is 23.4 Å². The molecule has 3 aliphatic rings. The second-order valence-corrected chi connectivity index (χ2v) is 11.8. The summed E-state index contributed by atoms with van der Waals surface area (Å²) in [6.07, 6.45) is -3.12. The Morgan fingerprint density at radius 3 is 2.18 bits per heavy atom. The summed E-state index contributed by atoms with van der Waals surface area (Å²) in [5.41, 5.74) is 8.46. The van der Waals surface area contributed by atoms with Crippen molar-refractivity contribution in [2.45, 2.75) is 25.0 Å². The molecule has 0 amide bonds. The highest BCUT2D eigenvalue weighted by Gasteiger charge is 2.51. The molecule has 0 radical (unpaired) electrons. The zero-order valence-corrected chi connectivity index (χ0v) is 22.1. The molecular weight excluding hydrogens is 532 g/mol. The first-order chi connectivity index (χ1) is 18.3. The highest BCUT2D eigenvalue weighted by molar-refractivity contribution is 8.42. The molecule has 2 atom stereocenters. The van der Waals surface area contributed by atoms with Crippen molar-refractivity contribution in [3.8, 4) is 0 Å². The lowest BCUT2D eigenvalue weighted by Gasteiger charge is -2.38. The molecule has 202 valence electrons. The largest absolute Gasteiger partial charge is 0.379 e. The maximum absolute atomic E-state index is 12.6. The molecule has 2 unspecified atom stereocenters. The topological polar surface area (TPSA) is 138 Å². The number of amidine groups is 1. The van der Waals surface area contributed by atoms with E-state index in [1.54, 1.807) is 0 Å². The summed E-state index contributed by atoms with van der Waals surface area (Å²) in [6, 6.07) is 17.0. The number of benzene rings is 2. The van der Waals surface area contributed by atoms with Crippen LogP contribution in [0.1, 0.15) is 18.4 Å². The zero-order chi connectivity index (χ0) is 26.9. The normalized spacial score (nSPS) is 28.0. The molecule has 12 heteroatoms. The summed E-state index contributed by atoms with van der Waals surface area (Å²) < 4.78 is 11.1. The third-order valence-corrected chi connectivity index (χ3v) is 9.56. The SMILES string of the molecule is NC1=NC(c2ccccc2)=C(CCCN2CCN(c3ccccc3Cl)CC2)S12OC(=O)C(O)C(O)C(=O)O2. The number of carbonyl (C=O) groups excluding carboxylic acids is 2. The number of allylic oxidation sites excluding steroid dienone is 1. The monoisotopic (exact) mass is 560 g/mol. The lowest BCUT2D eigenvalue weighted by Crippen LogP contribution is -2.46. The van der Waals surface area contributed by atoms with E-state index >= 15 is 0 Å². The first-order valence-electron chi connectivity index (χ1n) is 12.3. The van der Waals surface area contributed by atoms with Crippen molar-refractivity contribution in [3.63, 3.8) is 0 Å². The van der Waals surface area contributed by atoms with Gasteiger partial charge in [0.2, 0.25) is 5.17 Å². The Morgan fingerprint density at radius 1 is 0.947 bits per heavy atom. The van der Waals surface area contributed by atoms with Crippen LogP contribution in [0.4, 0.5) is 5.69 Å². The lowest BCUT2D eigenvalue weighted by atomic mass is 10.1. The van der Waals surface area contributed by atoms with E-state index in [1.807, 2.05) is 54.6 Å². The third-order valence-electron chi connectivity index (χ3n) is 6.76. The number of nitrogens with zero attached hydrogens (tertiary/aromatic N) is 3. The van der Waals surface area contributed by atoms with Crippen LogP contribution in [-0.2, 0) is 18.0 Å². The minimum Gasteiger partial charge on any atom is -0.379 e. The van der Waals surface area contributed by atoms with Gasteiger partial charge in [-0.05, 0) is 42.1 Å². The Balaban J connectivity index is 1.33. The Morgan fingerprint density at radius 2 is 1.55 bits per heavy atom. The van der Waals surface area contributed by atoms with Crippen LogP contribution in [-0.4, -0.2) is 77.2 Å². The van der Waals surface area contributed by atoms with Crippen molar-refractivity contribution in [1.82, 2.24) is 4.90 Å². The molecule has 0 aliphatic carbocycles. The number of anilines is 1. The standard InChI is InChI=1S/C26H29ClN4O6S/c27-18-9-4-5-10-19(18)31-15-13-30(14-16-31)12-6-11-20-21(17-7-2-1-3-8-17)29-26(28)38(20)36-24(34)22(32)23(33)25(35)37-38/h1-5,7-10,22-23,32-33H,6,11-16H2,(H2,28,29). The van der Waals surface area contributed by atoms with Gasteiger partial charge in [-0.1, -0.05) is 54.1 Å². The van der Waals surface area contributed by atoms with Gasteiger partial charge in [0.15, 0.2) is 12.2 Å². The maximum Gasteiger partial charge on any atom is 0.361 e. The molecule has 4 N–H and O–H groups in total. The van der Waals surface area contributed by atoms with Gasteiger partial charge >= 0.3 is 11.9 Å². The summed E-state index contributed by atoms with van der Waals surface area (Å²) in [5, 5.41) is 20.6. The molecule has 2 saturated heterocycles. The Labute approximate surface area is 227 Å². The zero-order valence-electron chi connectivity index (χ0n) is 20.5. The lowest BCUT2D eigenvalue weighted by molar-refractivity contribution is -0.156. The summed E-state index contributed by atoms with van der Waals surface area (Å²) in [6.45, 7) is 4.09. The number of aliphatic hydroxyl groups is 2. The fourth-order valence-electron chi connectivity index (χ4n) is 4.73. The van der Waals surface area contributed by atoms with E-state index in [2.05, 4.69) is 14.8 Å². The number of rotatable bonds is 6. The van der Waals surface area contributed by atoms with Gasteiger partial charge in [-0.3, -0.25) is 4.90 Å². The molecule has 0 aromatic heterocycles. The minimum absolute atomic E-state index is 0.164. The van der Waals surface area contributed by atoms with Crippen LogP contribution >= 0.6 is 22.2 Å². The van der Waals surface area contributed by atoms with E-state index in [9.17, 15) is 19.8 Å². The van der Waals surface area contributed by atoms with Crippen molar-refractivity contribution < 1.29 is 28.2 Å². The van der Waals surface area contributed by atoms with Crippen molar-refractivity contribution >= 4 is 50.7 Å². The quantitative estimate of drug-likeness (QED) is 0.486. The van der Waals surface area contributed by atoms with Crippen molar-refractivity contribution in [2.24, 2.45) is 10.7 Å². The van der Waals surface area contributed by atoms with Crippen LogP contribution in [0.15, 0.2) is 64.5 Å². The molecule has 0 saturated carbocycles. The van der Waals surface area contributed by atoms with Crippen LogP contribution in [0, 0.1) is 0 Å². The predicted octanol–water partition coefficient (Wildman–Crippen LogP) is 2.40. The van der Waals surface area contributed by atoms with Gasteiger partial charge in [-0.25, -0.2) is 14.6 Å². The minimum atomic E-state index is -3.29. The Kier molecular flexibility index (Phi) is 7.64. The molecule has 3 heterocycles. The number of halogens is 1. The maximum atomic E-state index is 12.6. The van der Waals surface area contributed by atoms with Crippen LogP contribution in [0.2, 0.25) is 5.02 Å². The van der Waals surface area contributed by atoms with Gasteiger partial charge < -0.3 is 29.2 Å². The smallest absolute Gasteiger partial charge is 0.361 e.